The zero-order chi connectivity index (χ0) is 24.2. The van der Waals surface area contributed by atoms with Gasteiger partial charge in [-0.05, 0) is 51.7 Å². The molecule has 0 bridgehead atoms. The molecule has 9 heteroatoms. The van der Waals surface area contributed by atoms with Crippen LogP contribution in [0, 0.1) is 6.92 Å². The van der Waals surface area contributed by atoms with Crippen LogP contribution in [0.5, 0.6) is 0 Å². The van der Waals surface area contributed by atoms with Gasteiger partial charge in [0.1, 0.15) is 18.1 Å². The van der Waals surface area contributed by atoms with Crippen molar-refractivity contribution in [2.24, 2.45) is 0 Å². The van der Waals surface area contributed by atoms with E-state index in [1.165, 1.54) is 0 Å². The first-order valence-electron chi connectivity index (χ1n) is 11.8. The predicted molar refractivity (Wildman–Crippen MR) is 123 cm³/mol. The summed E-state index contributed by atoms with van der Waals surface area (Å²) in [5.41, 5.74) is 1.44. The highest BCUT2D eigenvalue weighted by atomic mass is 16.7. The monoisotopic (exact) mass is 469 g/mol. The smallest absolute Gasteiger partial charge is 0.310 e. The quantitative estimate of drug-likeness (QED) is 0.483. The molecule has 0 aromatic heterocycles. The third-order valence-corrected chi connectivity index (χ3v) is 6.51. The second kappa shape index (κ2) is 10.4. The lowest BCUT2D eigenvalue weighted by molar-refractivity contribution is -0.164. The number of cyclic esters (lactones) is 1. The molecule has 182 valence electrons. The van der Waals surface area contributed by atoms with E-state index in [-0.39, 0.29) is 30.2 Å². The van der Waals surface area contributed by atoms with Gasteiger partial charge in [-0.2, -0.15) is 0 Å². The van der Waals surface area contributed by atoms with E-state index in [2.05, 4.69) is 10.6 Å². The van der Waals surface area contributed by atoms with Gasteiger partial charge in [0.15, 0.2) is 0 Å². The standard InChI is InChI=1S/C25H31N3O6/c1-3-33-25-19(14-21(29)34-25)27-23(31)20-12-11-17-9-4-5-10-18(24(32)28(17)20)26-22(30)16-8-6-7-15(2)13-16/h4-8,13,17-20,25H,3,9-12,14H2,1-2H3,(H,26,30)(H,27,31)/t17-,18+,19?,20+,25?/m1/s1. The number of rotatable bonds is 6. The maximum absolute atomic E-state index is 13.6. The summed E-state index contributed by atoms with van der Waals surface area (Å²) in [6, 6.07) is 5.01. The van der Waals surface area contributed by atoms with Crippen LogP contribution in [0.25, 0.3) is 0 Å². The van der Waals surface area contributed by atoms with Crippen molar-refractivity contribution in [1.29, 1.82) is 0 Å². The van der Waals surface area contributed by atoms with E-state index in [0.717, 1.165) is 5.56 Å². The van der Waals surface area contributed by atoms with Crippen LogP contribution in [0.3, 0.4) is 0 Å². The second-order valence-electron chi connectivity index (χ2n) is 8.96. The summed E-state index contributed by atoms with van der Waals surface area (Å²) in [7, 11) is 0. The fraction of sp³-hybridized carbons (Fsp3) is 0.520. The molecule has 9 nitrogen and oxygen atoms in total. The molecule has 34 heavy (non-hydrogen) atoms. The van der Waals surface area contributed by atoms with E-state index in [1.54, 1.807) is 30.0 Å². The van der Waals surface area contributed by atoms with Gasteiger partial charge in [0.2, 0.25) is 18.1 Å². The molecule has 2 saturated heterocycles. The van der Waals surface area contributed by atoms with Crippen molar-refractivity contribution in [2.75, 3.05) is 6.61 Å². The molecule has 2 N–H and O–H groups in total. The number of hydrogen-bond acceptors (Lipinski definition) is 6. The Labute approximate surface area is 198 Å². The van der Waals surface area contributed by atoms with Gasteiger partial charge < -0.3 is 25.0 Å². The number of fused-ring (bicyclic) bond motifs is 1. The zero-order valence-electron chi connectivity index (χ0n) is 19.5. The minimum atomic E-state index is -0.828. The van der Waals surface area contributed by atoms with Crippen molar-refractivity contribution in [3.05, 3.63) is 47.5 Å². The summed E-state index contributed by atoms with van der Waals surface area (Å²) in [6.45, 7) is 4.02. The van der Waals surface area contributed by atoms with Crippen LogP contribution in [0.2, 0.25) is 0 Å². The van der Waals surface area contributed by atoms with Gasteiger partial charge in [0, 0.05) is 18.2 Å². The molecule has 3 aliphatic rings. The highest BCUT2D eigenvalue weighted by Crippen LogP contribution is 2.30. The molecule has 0 saturated carbocycles. The first-order chi connectivity index (χ1) is 16.4. The summed E-state index contributed by atoms with van der Waals surface area (Å²) >= 11 is 0. The number of hydrogen-bond donors (Lipinski definition) is 2. The average molecular weight is 470 g/mol. The number of nitrogens with zero attached hydrogens (tertiary/aromatic N) is 1. The molecular weight excluding hydrogens is 438 g/mol. The number of esters is 1. The molecule has 2 unspecified atom stereocenters. The molecule has 3 heterocycles. The maximum Gasteiger partial charge on any atom is 0.310 e. The largest absolute Gasteiger partial charge is 0.433 e. The lowest BCUT2D eigenvalue weighted by Gasteiger charge is -2.34. The van der Waals surface area contributed by atoms with Gasteiger partial charge in [-0.3, -0.25) is 19.2 Å². The first-order valence-corrected chi connectivity index (χ1v) is 11.8. The Kier molecular flexibility index (Phi) is 7.31. The molecule has 0 spiro atoms. The van der Waals surface area contributed by atoms with Gasteiger partial charge in [0.25, 0.3) is 5.91 Å². The topological polar surface area (TPSA) is 114 Å². The summed E-state index contributed by atoms with van der Waals surface area (Å²) in [4.78, 5) is 53.0. The minimum Gasteiger partial charge on any atom is -0.433 e. The lowest BCUT2D eigenvalue weighted by atomic mass is 10.0. The van der Waals surface area contributed by atoms with E-state index in [1.807, 2.05) is 25.1 Å². The molecule has 1 aromatic rings. The molecule has 1 aromatic carbocycles. The third kappa shape index (κ3) is 5.14. The summed E-state index contributed by atoms with van der Waals surface area (Å²) in [6.07, 6.45) is 5.32. The van der Waals surface area contributed by atoms with Crippen molar-refractivity contribution in [3.63, 3.8) is 0 Å². The fourth-order valence-corrected chi connectivity index (χ4v) is 4.87. The maximum atomic E-state index is 13.6. The Morgan fingerprint density at radius 2 is 1.94 bits per heavy atom. The van der Waals surface area contributed by atoms with E-state index < -0.39 is 30.4 Å². The van der Waals surface area contributed by atoms with Crippen molar-refractivity contribution in [2.45, 2.75) is 76.4 Å². The predicted octanol–water partition coefficient (Wildman–Crippen LogP) is 1.60. The second-order valence-corrected chi connectivity index (χ2v) is 8.96. The molecule has 4 rings (SSSR count). The minimum absolute atomic E-state index is 0.0262. The van der Waals surface area contributed by atoms with E-state index in [0.29, 0.717) is 37.9 Å². The highest BCUT2D eigenvalue weighted by Gasteiger charge is 2.45. The molecule has 3 amide bonds. The van der Waals surface area contributed by atoms with Gasteiger partial charge in [-0.25, -0.2) is 0 Å². The SMILES string of the molecule is CCOC1OC(=O)CC1NC(=O)[C@@H]1CC[C@H]2CC=CC[C@H](NC(=O)c3cccc(C)c3)C(=O)N21. The Hall–Kier alpha value is -3.20. The third-order valence-electron chi connectivity index (χ3n) is 6.51. The normalized spacial score (nSPS) is 28.6. The molecule has 0 radical (unpaired) electrons. The van der Waals surface area contributed by atoms with Crippen LogP contribution in [0.15, 0.2) is 36.4 Å². The molecule has 2 fully saturated rings. The number of benzene rings is 1. The Morgan fingerprint density at radius 1 is 1.15 bits per heavy atom. The van der Waals surface area contributed by atoms with Gasteiger partial charge in [0.05, 0.1) is 6.42 Å². The number of amides is 3. The van der Waals surface area contributed by atoms with Gasteiger partial charge in [-0.15, -0.1) is 0 Å². The molecular formula is C25H31N3O6. The highest BCUT2D eigenvalue weighted by molar-refractivity contribution is 5.99. The van der Waals surface area contributed by atoms with Crippen LogP contribution in [-0.4, -0.2) is 65.7 Å². The Bertz CT molecular complexity index is 993. The average Bonchev–Trinajstić information content (AvgIpc) is 3.37. The van der Waals surface area contributed by atoms with E-state index >= 15 is 0 Å². The van der Waals surface area contributed by atoms with Crippen LogP contribution in [0.4, 0.5) is 0 Å². The summed E-state index contributed by atoms with van der Waals surface area (Å²) in [5.74, 6) is -1.36. The van der Waals surface area contributed by atoms with Crippen LogP contribution >= 0.6 is 0 Å². The van der Waals surface area contributed by atoms with Crippen molar-refractivity contribution in [1.82, 2.24) is 15.5 Å². The molecule has 0 aliphatic carbocycles. The number of aryl methyl sites for hydroxylation is 1. The lowest BCUT2D eigenvalue weighted by Crippen LogP contribution is -2.57. The van der Waals surface area contributed by atoms with Crippen molar-refractivity contribution in [3.8, 4) is 0 Å². The number of ether oxygens (including phenoxy) is 2. The van der Waals surface area contributed by atoms with Crippen LogP contribution in [0.1, 0.15) is 54.9 Å². The zero-order valence-corrected chi connectivity index (χ0v) is 19.5. The van der Waals surface area contributed by atoms with Crippen LogP contribution < -0.4 is 10.6 Å². The summed E-state index contributed by atoms with van der Waals surface area (Å²) in [5, 5.41) is 5.71. The van der Waals surface area contributed by atoms with Crippen molar-refractivity contribution >= 4 is 23.7 Å². The Morgan fingerprint density at radius 3 is 2.71 bits per heavy atom. The van der Waals surface area contributed by atoms with E-state index in [9.17, 15) is 19.2 Å². The number of carbonyl (C=O) groups is 4. The fourth-order valence-electron chi connectivity index (χ4n) is 4.87. The number of carbonyl (C=O) groups excluding carboxylic acids is 4. The number of nitrogens with one attached hydrogen (secondary N) is 2. The summed E-state index contributed by atoms with van der Waals surface area (Å²) < 4.78 is 10.6. The van der Waals surface area contributed by atoms with Crippen LogP contribution in [-0.2, 0) is 23.9 Å². The van der Waals surface area contributed by atoms with E-state index in [4.69, 9.17) is 9.47 Å². The molecule has 3 aliphatic heterocycles. The van der Waals surface area contributed by atoms with Gasteiger partial charge in [-0.1, -0.05) is 29.8 Å². The van der Waals surface area contributed by atoms with Gasteiger partial charge >= 0.3 is 5.97 Å². The first kappa shape index (κ1) is 23.9. The Balaban J connectivity index is 1.48. The molecule has 5 atom stereocenters. The van der Waals surface area contributed by atoms with Crippen molar-refractivity contribution < 1.29 is 28.7 Å².